The second-order valence-corrected chi connectivity index (χ2v) is 5.63. The number of aromatic nitrogens is 4. The second kappa shape index (κ2) is 5.80. The van der Waals surface area contributed by atoms with Gasteiger partial charge in [-0.2, -0.15) is 0 Å². The molecule has 1 aliphatic rings. The average Bonchev–Trinajstić information content (AvgIpc) is 3.15. The predicted molar refractivity (Wildman–Crippen MR) is 78.5 cm³/mol. The third kappa shape index (κ3) is 2.82. The molecule has 0 radical (unpaired) electrons. The van der Waals surface area contributed by atoms with Crippen LogP contribution in [0, 0.1) is 0 Å². The van der Waals surface area contributed by atoms with E-state index in [-0.39, 0.29) is 17.8 Å². The Balaban J connectivity index is 1.73. The number of primary amides is 1. The number of nitrogens with two attached hydrogens (primary N) is 1. The number of amides is 2. The number of piperidine rings is 1. The first-order valence-electron chi connectivity index (χ1n) is 6.88. The summed E-state index contributed by atoms with van der Waals surface area (Å²) in [6, 6.07) is 1.58. The van der Waals surface area contributed by atoms with Gasteiger partial charge in [0, 0.05) is 19.3 Å². The molecule has 1 aliphatic heterocycles. The van der Waals surface area contributed by atoms with Crippen LogP contribution in [0.4, 0.5) is 0 Å². The van der Waals surface area contributed by atoms with Crippen LogP contribution in [0.3, 0.4) is 0 Å². The van der Waals surface area contributed by atoms with E-state index in [0.717, 1.165) is 12.8 Å². The van der Waals surface area contributed by atoms with Crippen molar-refractivity contribution in [1.29, 1.82) is 0 Å². The summed E-state index contributed by atoms with van der Waals surface area (Å²) in [7, 11) is 0. The molecule has 116 valence electrons. The summed E-state index contributed by atoms with van der Waals surface area (Å²) in [5, 5.41) is 4.57. The third-order valence-corrected chi connectivity index (χ3v) is 3.88. The number of halogens is 1. The number of nitrogens with zero attached hydrogens (tertiary/aromatic N) is 4. The monoisotopic (exact) mass is 322 g/mol. The van der Waals surface area contributed by atoms with Crippen molar-refractivity contribution in [3.63, 3.8) is 0 Å². The summed E-state index contributed by atoms with van der Waals surface area (Å²) in [5.41, 5.74) is 5.61. The lowest BCUT2D eigenvalue weighted by atomic mass is 10.1. The molecule has 22 heavy (non-hydrogen) atoms. The first-order chi connectivity index (χ1) is 10.5. The van der Waals surface area contributed by atoms with Crippen molar-refractivity contribution >= 4 is 23.4 Å². The summed E-state index contributed by atoms with van der Waals surface area (Å²) in [6.45, 7) is 1.17. The molecule has 0 bridgehead atoms. The molecular weight excluding hydrogens is 308 g/mol. The van der Waals surface area contributed by atoms with Crippen LogP contribution in [0.2, 0.25) is 5.02 Å². The maximum absolute atomic E-state index is 12.4. The van der Waals surface area contributed by atoms with Crippen molar-refractivity contribution in [2.75, 3.05) is 13.1 Å². The molecule has 2 aromatic rings. The first-order valence-corrected chi connectivity index (χ1v) is 7.26. The SMILES string of the molecule is NC(=O)c1ncn([C@@H]2CCCN(C(=O)c3cc(Cl)c[nH]3)C2)n1. The summed E-state index contributed by atoms with van der Waals surface area (Å²) in [5.74, 6) is -0.782. The van der Waals surface area contributed by atoms with Gasteiger partial charge in [-0.05, 0) is 18.9 Å². The Morgan fingerprint density at radius 2 is 2.27 bits per heavy atom. The molecular formula is C13H15ClN6O2. The molecule has 0 saturated carbocycles. The lowest BCUT2D eigenvalue weighted by Gasteiger charge is -2.32. The van der Waals surface area contributed by atoms with Crippen molar-refractivity contribution in [1.82, 2.24) is 24.6 Å². The molecule has 1 atom stereocenters. The molecule has 8 nitrogen and oxygen atoms in total. The molecule has 0 unspecified atom stereocenters. The first kappa shape index (κ1) is 14.6. The molecule has 3 rings (SSSR count). The van der Waals surface area contributed by atoms with Gasteiger partial charge in [0.2, 0.25) is 5.82 Å². The smallest absolute Gasteiger partial charge is 0.288 e. The lowest BCUT2D eigenvalue weighted by molar-refractivity contribution is 0.0666. The van der Waals surface area contributed by atoms with Gasteiger partial charge >= 0.3 is 0 Å². The van der Waals surface area contributed by atoms with Gasteiger partial charge in [-0.3, -0.25) is 9.59 Å². The number of hydrogen-bond acceptors (Lipinski definition) is 4. The summed E-state index contributed by atoms with van der Waals surface area (Å²) in [6.07, 6.45) is 4.75. The number of H-pyrrole nitrogens is 1. The Morgan fingerprint density at radius 1 is 1.45 bits per heavy atom. The van der Waals surface area contributed by atoms with E-state index >= 15 is 0 Å². The summed E-state index contributed by atoms with van der Waals surface area (Å²) >= 11 is 5.83. The summed E-state index contributed by atoms with van der Waals surface area (Å²) in [4.78, 5) is 31.9. The zero-order valence-corrected chi connectivity index (χ0v) is 12.5. The molecule has 1 saturated heterocycles. The normalized spacial score (nSPS) is 18.4. The van der Waals surface area contributed by atoms with Crippen molar-refractivity contribution < 1.29 is 9.59 Å². The molecule has 9 heteroatoms. The van der Waals surface area contributed by atoms with Crippen molar-refractivity contribution in [3.8, 4) is 0 Å². The fourth-order valence-corrected chi connectivity index (χ4v) is 2.74. The van der Waals surface area contributed by atoms with E-state index in [1.165, 1.54) is 6.33 Å². The highest BCUT2D eigenvalue weighted by atomic mass is 35.5. The Hall–Kier alpha value is -2.35. The fraction of sp³-hybridized carbons (Fsp3) is 0.385. The van der Waals surface area contributed by atoms with Crippen LogP contribution >= 0.6 is 11.6 Å². The standard InChI is InChI=1S/C13H15ClN6O2/c14-8-4-10(16-5-8)13(22)19-3-1-2-9(6-19)20-7-17-12(18-20)11(15)21/h4-5,7,9,16H,1-3,6H2,(H2,15,21)/t9-/m1/s1. The van der Waals surface area contributed by atoms with Gasteiger partial charge < -0.3 is 15.6 Å². The maximum atomic E-state index is 12.4. The number of aromatic amines is 1. The zero-order valence-electron chi connectivity index (χ0n) is 11.7. The molecule has 1 fully saturated rings. The van der Waals surface area contributed by atoms with E-state index in [1.54, 1.807) is 21.8 Å². The van der Waals surface area contributed by atoms with Crippen LogP contribution in [0.25, 0.3) is 0 Å². The number of carbonyl (C=O) groups excluding carboxylic acids is 2. The molecule has 2 amide bonds. The number of hydrogen-bond donors (Lipinski definition) is 2. The Kier molecular flexibility index (Phi) is 3.84. The summed E-state index contributed by atoms with van der Waals surface area (Å²) < 4.78 is 1.60. The second-order valence-electron chi connectivity index (χ2n) is 5.19. The highest BCUT2D eigenvalue weighted by Crippen LogP contribution is 2.22. The zero-order chi connectivity index (χ0) is 15.7. The van der Waals surface area contributed by atoms with Crippen LogP contribution in [-0.2, 0) is 0 Å². The molecule has 3 N–H and O–H groups in total. The van der Waals surface area contributed by atoms with Crippen LogP contribution in [-0.4, -0.2) is 49.6 Å². The molecule has 0 aliphatic carbocycles. The van der Waals surface area contributed by atoms with Gasteiger partial charge in [-0.25, -0.2) is 9.67 Å². The number of likely N-dealkylation sites (tertiary alicyclic amines) is 1. The van der Waals surface area contributed by atoms with Gasteiger partial charge in [-0.1, -0.05) is 11.6 Å². The minimum absolute atomic E-state index is 0.0143. The molecule has 3 heterocycles. The predicted octanol–water partition coefficient (Wildman–Crippen LogP) is 0.836. The Bertz CT molecular complexity index is 709. The van der Waals surface area contributed by atoms with Gasteiger partial charge in [0.1, 0.15) is 12.0 Å². The molecule has 0 spiro atoms. The number of rotatable bonds is 3. The minimum Gasteiger partial charge on any atom is -0.363 e. The lowest BCUT2D eigenvalue weighted by Crippen LogP contribution is -2.41. The van der Waals surface area contributed by atoms with Crippen molar-refractivity contribution in [2.45, 2.75) is 18.9 Å². The third-order valence-electron chi connectivity index (χ3n) is 3.66. The molecule has 0 aromatic carbocycles. The van der Waals surface area contributed by atoms with E-state index in [1.807, 2.05) is 0 Å². The van der Waals surface area contributed by atoms with Crippen LogP contribution < -0.4 is 5.73 Å². The fourth-order valence-electron chi connectivity index (χ4n) is 2.58. The number of nitrogens with one attached hydrogen (secondary N) is 1. The highest BCUT2D eigenvalue weighted by Gasteiger charge is 2.27. The highest BCUT2D eigenvalue weighted by molar-refractivity contribution is 6.30. The van der Waals surface area contributed by atoms with E-state index in [0.29, 0.717) is 23.8 Å². The minimum atomic E-state index is -0.663. The van der Waals surface area contributed by atoms with E-state index in [4.69, 9.17) is 17.3 Å². The van der Waals surface area contributed by atoms with Crippen molar-refractivity contribution in [3.05, 3.63) is 35.1 Å². The maximum Gasteiger partial charge on any atom is 0.288 e. The topological polar surface area (TPSA) is 110 Å². The van der Waals surface area contributed by atoms with E-state index in [2.05, 4.69) is 15.1 Å². The van der Waals surface area contributed by atoms with Gasteiger partial charge in [-0.15, -0.1) is 5.10 Å². The average molecular weight is 323 g/mol. The Morgan fingerprint density at radius 3 is 2.91 bits per heavy atom. The van der Waals surface area contributed by atoms with Crippen LogP contribution in [0.5, 0.6) is 0 Å². The van der Waals surface area contributed by atoms with Gasteiger partial charge in [0.15, 0.2) is 0 Å². The number of carbonyl (C=O) groups is 2. The van der Waals surface area contributed by atoms with Gasteiger partial charge in [0.05, 0.1) is 11.1 Å². The van der Waals surface area contributed by atoms with Gasteiger partial charge in [0.25, 0.3) is 11.8 Å². The van der Waals surface area contributed by atoms with Crippen LogP contribution in [0.1, 0.15) is 40.0 Å². The van der Waals surface area contributed by atoms with E-state index in [9.17, 15) is 9.59 Å². The van der Waals surface area contributed by atoms with Crippen LogP contribution in [0.15, 0.2) is 18.6 Å². The van der Waals surface area contributed by atoms with Crippen molar-refractivity contribution in [2.24, 2.45) is 5.73 Å². The quantitative estimate of drug-likeness (QED) is 0.872. The van der Waals surface area contributed by atoms with E-state index < -0.39 is 5.91 Å². The molecule has 2 aromatic heterocycles. The largest absolute Gasteiger partial charge is 0.363 e. The Labute approximate surface area is 131 Å².